The van der Waals surface area contributed by atoms with Crippen LogP contribution in [-0.2, 0) is 11.0 Å². The number of nitrogens with zero attached hydrogens (tertiary/aromatic N) is 3. The third-order valence-corrected chi connectivity index (χ3v) is 3.80. The van der Waals surface area contributed by atoms with Crippen LogP contribution in [0.4, 0.5) is 19.1 Å². The number of H-pyrrole nitrogens is 1. The molecule has 3 heterocycles. The van der Waals surface area contributed by atoms with E-state index in [2.05, 4.69) is 15.4 Å². The Morgan fingerprint density at radius 1 is 1.40 bits per heavy atom. The molecule has 2 N–H and O–H groups in total. The summed E-state index contributed by atoms with van der Waals surface area (Å²) in [6.07, 6.45) is -2.20. The van der Waals surface area contributed by atoms with Crippen molar-refractivity contribution in [1.82, 2.24) is 20.1 Å². The molecular formula is C14H14F3N5O3. The molecule has 0 saturated carbocycles. The fourth-order valence-electron chi connectivity index (χ4n) is 2.59. The van der Waals surface area contributed by atoms with E-state index in [1.807, 2.05) is 0 Å². The van der Waals surface area contributed by atoms with E-state index < -0.39 is 29.8 Å². The molecule has 1 atom stereocenters. The minimum Gasteiger partial charge on any atom is -0.459 e. The normalized spacial score (nSPS) is 18.2. The number of aromatic nitrogens is 3. The average Bonchev–Trinajstić information content (AvgIpc) is 3.25. The maximum Gasteiger partial charge on any atom is 0.451 e. The molecule has 0 spiro atoms. The molecule has 0 radical (unpaired) electrons. The van der Waals surface area contributed by atoms with Gasteiger partial charge in [0.2, 0.25) is 17.7 Å². The highest BCUT2D eigenvalue weighted by Gasteiger charge is 2.36. The molecule has 1 aliphatic rings. The van der Waals surface area contributed by atoms with E-state index in [-0.39, 0.29) is 18.2 Å². The molecule has 0 bridgehead atoms. The summed E-state index contributed by atoms with van der Waals surface area (Å²) in [7, 11) is 0. The highest BCUT2D eigenvalue weighted by atomic mass is 19.4. The summed E-state index contributed by atoms with van der Waals surface area (Å²) in [5.41, 5.74) is 0. The monoisotopic (exact) mass is 357 g/mol. The summed E-state index contributed by atoms with van der Waals surface area (Å²) in [6.45, 7) is 0.615. The van der Waals surface area contributed by atoms with Gasteiger partial charge in [-0.05, 0) is 25.0 Å². The largest absolute Gasteiger partial charge is 0.459 e. The molecule has 8 nitrogen and oxygen atoms in total. The van der Waals surface area contributed by atoms with Crippen molar-refractivity contribution in [2.24, 2.45) is 5.92 Å². The fraction of sp³-hybridized carbons (Fsp3) is 0.429. The van der Waals surface area contributed by atoms with Crippen molar-refractivity contribution < 1.29 is 27.2 Å². The number of hydrogen-bond donors (Lipinski definition) is 2. The number of aromatic amines is 1. The van der Waals surface area contributed by atoms with Crippen LogP contribution >= 0.6 is 0 Å². The Morgan fingerprint density at radius 3 is 2.84 bits per heavy atom. The van der Waals surface area contributed by atoms with E-state index in [0.29, 0.717) is 19.4 Å². The molecule has 1 unspecified atom stereocenters. The number of nitrogens with one attached hydrogen (secondary N) is 2. The van der Waals surface area contributed by atoms with Crippen LogP contribution < -0.4 is 5.32 Å². The lowest BCUT2D eigenvalue weighted by Crippen LogP contribution is -2.43. The highest BCUT2D eigenvalue weighted by molar-refractivity contribution is 5.94. The van der Waals surface area contributed by atoms with Crippen LogP contribution in [0.3, 0.4) is 0 Å². The molecule has 0 aromatic carbocycles. The third-order valence-electron chi connectivity index (χ3n) is 3.80. The van der Waals surface area contributed by atoms with Crippen LogP contribution in [0, 0.1) is 5.92 Å². The predicted molar refractivity (Wildman–Crippen MR) is 77.3 cm³/mol. The first-order chi connectivity index (χ1) is 11.8. The number of anilines is 1. The van der Waals surface area contributed by atoms with Gasteiger partial charge in [0.15, 0.2) is 5.76 Å². The van der Waals surface area contributed by atoms with Crippen LogP contribution in [-0.4, -0.2) is 45.0 Å². The number of carbonyl (C=O) groups excluding carboxylic acids is 2. The standard InChI is InChI=1S/C14H14F3N5O3/c15-14(16,17)12-19-13(21-20-12)18-10(23)8-3-1-5-22(7-8)11(24)9-4-2-6-25-9/h2,4,6,8H,1,3,5,7H2,(H2,18,19,20,21,23). The number of halogens is 3. The van der Waals surface area contributed by atoms with Gasteiger partial charge in [0, 0.05) is 13.1 Å². The van der Waals surface area contributed by atoms with Gasteiger partial charge in [0.05, 0.1) is 12.2 Å². The molecular weight excluding hydrogens is 343 g/mol. The maximum absolute atomic E-state index is 12.5. The summed E-state index contributed by atoms with van der Waals surface area (Å²) in [6, 6.07) is 3.11. The van der Waals surface area contributed by atoms with Gasteiger partial charge >= 0.3 is 6.18 Å². The first kappa shape index (κ1) is 17.0. The Balaban J connectivity index is 1.62. The van der Waals surface area contributed by atoms with Gasteiger partial charge in [-0.1, -0.05) is 0 Å². The minimum atomic E-state index is -4.67. The van der Waals surface area contributed by atoms with E-state index in [1.54, 1.807) is 11.2 Å². The van der Waals surface area contributed by atoms with Gasteiger partial charge < -0.3 is 9.32 Å². The predicted octanol–water partition coefficient (Wildman–Crippen LogP) is 1.91. The maximum atomic E-state index is 12.5. The number of likely N-dealkylation sites (tertiary alicyclic amines) is 1. The molecule has 1 aliphatic heterocycles. The zero-order chi connectivity index (χ0) is 18.0. The molecule has 11 heteroatoms. The zero-order valence-corrected chi connectivity index (χ0v) is 12.8. The number of carbonyl (C=O) groups is 2. The van der Waals surface area contributed by atoms with Gasteiger partial charge in [-0.15, -0.1) is 5.10 Å². The number of hydrogen-bond acceptors (Lipinski definition) is 5. The van der Waals surface area contributed by atoms with Gasteiger partial charge in [-0.25, -0.2) is 0 Å². The first-order valence-corrected chi connectivity index (χ1v) is 7.48. The SMILES string of the molecule is O=C(Nc1n[nH]c(C(F)(F)F)n1)C1CCCN(C(=O)c2ccco2)C1. The zero-order valence-electron chi connectivity index (χ0n) is 12.8. The van der Waals surface area contributed by atoms with E-state index in [1.165, 1.54) is 17.2 Å². The molecule has 1 saturated heterocycles. The van der Waals surface area contributed by atoms with Crippen molar-refractivity contribution in [3.63, 3.8) is 0 Å². The lowest BCUT2D eigenvalue weighted by molar-refractivity contribution is -0.144. The quantitative estimate of drug-likeness (QED) is 0.873. The van der Waals surface area contributed by atoms with Crippen LogP contribution in [0.25, 0.3) is 0 Å². The van der Waals surface area contributed by atoms with Gasteiger partial charge in [0.1, 0.15) is 0 Å². The summed E-state index contributed by atoms with van der Waals surface area (Å²) in [5.74, 6) is -3.01. The van der Waals surface area contributed by atoms with Crippen LogP contribution in [0.2, 0.25) is 0 Å². The van der Waals surface area contributed by atoms with Crippen molar-refractivity contribution in [2.45, 2.75) is 19.0 Å². The van der Waals surface area contributed by atoms with E-state index in [0.717, 1.165) is 0 Å². The second-order valence-corrected chi connectivity index (χ2v) is 5.56. The highest BCUT2D eigenvalue weighted by Crippen LogP contribution is 2.26. The number of rotatable bonds is 3. The van der Waals surface area contributed by atoms with Gasteiger partial charge in [-0.3, -0.25) is 20.0 Å². The molecule has 134 valence electrons. The summed E-state index contributed by atoms with van der Waals surface area (Å²) < 4.78 is 42.5. The van der Waals surface area contributed by atoms with Crippen molar-refractivity contribution in [1.29, 1.82) is 0 Å². The van der Waals surface area contributed by atoms with Gasteiger partial charge in [-0.2, -0.15) is 18.2 Å². The van der Waals surface area contributed by atoms with E-state index in [9.17, 15) is 22.8 Å². The molecule has 1 fully saturated rings. The first-order valence-electron chi connectivity index (χ1n) is 7.48. The summed E-state index contributed by atoms with van der Waals surface area (Å²) >= 11 is 0. The second kappa shape index (κ2) is 6.57. The van der Waals surface area contributed by atoms with Crippen LogP contribution in [0.5, 0.6) is 0 Å². The molecule has 2 aromatic rings. The Morgan fingerprint density at radius 2 is 2.20 bits per heavy atom. The van der Waals surface area contributed by atoms with E-state index in [4.69, 9.17) is 4.42 Å². The van der Waals surface area contributed by atoms with Crippen molar-refractivity contribution in [3.05, 3.63) is 30.0 Å². The van der Waals surface area contributed by atoms with E-state index >= 15 is 0 Å². The summed E-state index contributed by atoms with van der Waals surface area (Å²) in [5, 5.41) is 7.29. The molecule has 0 aliphatic carbocycles. The fourth-order valence-corrected chi connectivity index (χ4v) is 2.59. The van der Waals surface area contributed by atoms with Crippen molar-refractivity contribution >= 4 is 17.8 Å². The number of amides is 2. The topological polar surface area (TPSA) is 104 Å². The number of piperidine rings is 1. The Hall–Kier alpha value is -2.85. The molecule has 2 amide bonds. The Labute approximate surface area is 139 Å². The smallest absolute Gasteiger partial charge is 0.451 e. The Bertz CT molecular complexity index is 756. The lowest BCUT2D eigenvalue weighted by Gasteiger charge is -2.31. The van der Waals surface area contributed by atoms with Crippen molar-refractivity contribution in [3.8, 4) is 0 Å². The average molecular weight is 357 g/mol. The summed E-state index contributed by atoms with van der Waals surface area (Å²) in [4.78, 5) is 29.2. The lowest BCUT2D eigenvalue weighted by atomic mass is 9.97. The Kier molecular flexibility index (Phi) is 4.47. The molecule has 3 rings (SSSR count). The third kappa shape index (κ3) is 3.80. The molecule has 25 heavy (non-hydrogen) atoms. The minimum absolute atomic E-state index is 0.141. The van der Waals surface area contributed by atoms with Crippen LogP contribution in [0.15, 0.2) is 22.8 Å². The van der Waals surface area contributed by atoms with Gasteiger partial charge in [0.25, 0.3) is 5.91 Å². The number of alkyl halides is 3. The van der Waals surface area contributed by atoms with Crippen LogP contribution in [0.1, 0.15) is 29.2 Å². The van der Waals surface area contributed by atoms with Crippen molar-refractivity contribution in [2.75, 3.05) is 18.4 Å². The number of furan rings is 1. The second-order valence-electron chi connectivity index (χ2n) is 5.56. The molecule has 2 aromatic heterocycles.